The fourth-order valence-electron chi connectivity index (χ4n) is 3.96. The molecule has 40 heavy (non-hydrogen) atoms. The Labute approximate surface area is 234 Å². The quantitative estimate of drug-likeness (QED) is 0.301. The largest absolute Gasteiger partial charge is 0.497 e. The van der Waals surface area contributed by atoms with Crippen molar-refractivity contribution in [3.8, 4) is 17.6 Å². The van der Waals surface area contributed by atoms with Crippen molar-refractivity contribution in [2.45, 2.75) is 59.2 Å². The Morgan fingerprint density at radius 2 is 1.77 bits per heavy atom. The number of methoxy groups -OCH3 is 1. The van der Waals surface area contributed by atoms with Gasteiger partial charge in [0, 0.05) is 24.6 Å². The second-order valence-electron chi connectivity index (χ2n) is 9.71. The molecule has 0 aliphatic heterocycles. The number of nitrogens with zero attached hydrogens (tertiary/aromatic N) is 3. The number of alkyl halides is 3. The summed E-state index contributed by atoms with van der Waals surface area (Å²) in [6.07, 6.45) is -2.86. The van der Waals surface area contributed by atoms with E-state index in [1.807, 2.05) is 49.9 Å². The van der Waals surface area contributed by atoms with Crippen LogP contribution in [0.3, 0.4) is 0 Å². The molecule has 1 amide bonds. The van der Waals surface area contributed by atoms with Crippen LogP contribution in [0.2, 0.25) is 0 Å². The Hall–Kier alpha value is -4.06. The topological polar surface area (TPSA) is 67.4 Å². The molecule has 3 rings (SSSR count). The van der Waals surface area contributed by atoms with Crippen LogP contribution >= 0.6 is 0 Å². The lowest BCUT2D eigenvalue weighted by molar-refractivity contribution is -0.137. The van der Waals surface area contributed by atoms with Crippen LogP contribution < -0.4 is 15.0 Å². The molecular weight excluding hydrogens is 517 g/mol. The van der Waals surface area contributed by atoms with E-state index in [4.69, 9.17) is 9.72 Å². The maximum atomic E-state index is 13.6. The molecule has 0 aliphatic carbocycles. The lowest BCUT2D eigenvalue weighted by Crippen LogP contribution is -2.38. The lowest BCUT2D eigenvalue weighted by atomic mass is 10.1. The molecule has 6 nitrogen and oxygen atoms in total. The van der Waals surface area contributed by atoms with Gasteiger partial charge in [-0.2, -0.15) is 13.2 Å². The van der Waals surface area contributed by atoms with Crippen LogP contribution in [-0.2, 0) is 17.5 Å². The van der Waals surface area contributed by atoms with E-state index in [0.717, 1.165) is 30.2 Å². The minimum atomic E-state index is -4.53. The van der Waals surface area contributed by atoms with Crippen molar-refractivity contribution in [1.29, 1.82) is 0 Å². The molecule has 1 heterocycles. The Morgan fingerprint density at radius 1 is 1.07 bits per heavy atom. The highest BCUT2D eigenvalue weighted by molar-refractivity contribution is 5.81. The van der Waals surface area contributed by atoms with Gasteiger partial charge in [0.05, 0.1) is 30.5 Å². The zero-order chi connectivity index (χ0) is 29.3. The highest BCUT2D eigenvalue weighted by Crippen LogP contribution is 2.31. The highest BCUT2D eigenvalue weighted by atomic mass is 19.4. The summed E-state index contributed by atoms with van der Waals surface area (Å²) in [6, 6.07) is 12.6. The van der Waals surface area contributed by atoms with Crippen LogP contribution in [0.5, 0.6) is 5.75 Å². The van der Waals surface area contributed by atoms with Gasteiger partial charge < -0.3 is 15.0 Å². The molecule has 0 fully saturated rings. The average Bonchev–Trinajstić information content (AvgIpc) is 2.93. The van der Waals surface area contributed by atoms with Crippen molar-refractivity contribution in [3.05, 3.63) is 82.3 Å². The molecule has 0 radical (unpaired) electrons. The van der Waals surface area contributed by atoms with E-state index in [2.05, 4.69) is 22.1 Å². The second kappa shape index (κ2) is 13.8. The van der Waals surface area contributed by atoms with Crippen molar-refractivity contribution in [2.24, 2.45) is 0 Å². The maximum absolute atomic E-state index is 13.6. The number of unbranched alkanes of at least 4 members (excludes halogenated alkanes) is 1. The number of rotatable bonds is 10. The van der Waals surface area contributed by atoms with Crippen LogP contribution in [0.15, 0.2) is 48.5 Å². The number of hydrogen-bond acceptors (Lipinski definition) is 5. The number of hydrogen-bond donors (Lipinski definition) is 1. The molecule has 212 valence electrons. The van der Waals surface area contributed by atoms with Gasteiger partial charge in [-0.05, 0) is 43.2 Å². The summed E-state index contributed by atoms with van der Waals surface area (Å²) >= 11 is 0. The molecule has 0 atom stereocenters. The number of halogens is 3. The molecule has 0 saturated heterocycles. The number of anilines is 1. The van der Waals surface area contributed by atoms with E-state index >= 15 is 0 Å². The molecule has 2 aromatic carbocycles. The van der Waals surface area contributed by atoms with Gasteiger partial charge in [-0.15, -0.1) is 0 Å². The summed E-state index contributed by atoms with van der Waals surface area (Å²) in [5.41, 5.74) is 0.934. The third-order valence-electron chi connectivity index (χ3n) is 6.22. The first kappa shape index (κ1) is 30.5. The number of carbonyl (C=O) groups is 1. The van der Waals surface area contributed by atoms with E-state index in [1.54, 1.807) is 14.0 Å². The summed E-state index contributed by atoms with van der Waals surface area (Å²) in [5.74, 6) is 7.16. The molecule has 0 saturated carbocycles. The van der Waals surface area contributed by atoms with Gasteiger partial charge in [-0.3, -0.25) is 4.79 Å². The minimum absolute atomic E-state index is 0.00217. The third kappa shape index (κ3) is 8.22. The van der Waals surface area contributed by atoms with E-state index in [1.165, 1.54) is 18.2 Å². The molecular formula is C31H35F3N4O2. The van der Waals surface area contributed by atoms with E-state index in [-0.39, 0.29) is 23.9 Å². The smallest absolute Gasteiger partial charge is 0.417 e. The molecule has 0 bridgehead atoms. The standard InChI is InChI=1S/C31H35F3N4O2/c1-6-7-18-38(20-28(39)35-19-23-12-15-25(40-5)16-13-23)30-26(22(4)36-29(37-30)21(2)3)17-14-24-10-8-9-11-27(24)31(32,33)34/h8-13,15-16,21H,6-7,18-20H2,1-5H3,(H,35,39). The van der Waals surface area contributed by atoms with Crippen LogP contribution in [-0.4, -0.2) is 36.1 Å². The zero-order valence-corrected chi connectivity index (χ0v) is 23.5. The number of amides is 1. The lowest BCUT2D eigenvalue weighted by Gasteiger charge is -2.26. The Morgan fingerprint density at radius 3 is 2.40 bits per heavy atom. The molecule has 3 aromatic rings. The third-order valence-corrected chi connectivity index (χ3v) is 6.22. The Kier molecular flexibility index (Phi) is 10.5. The first-order valence-corrected chi connectivity index (χ1v) is 13.2. The number of aryl methyl sites for hydroxylation is 1. The number of nitrogens with one attached hydrogen (secondary N) is 1. The Bertz CT molecular complexity index is 1360. The molecule has 0 unspecified atom stereocenters. The number of carbonyl (C=O) groups excluding carboxylic acids is 1. The second-order valence-corrected chi connectivity index (χ2v) is 9.71. The summed E-state index contributed by atoms with van der Waals surface area (Å²) in [7, 11) is 1.59. The van der Waals surface area contributed by atoms with Gasteiger partial charge in [0.15, 0.2) is 0 Å². The van der Waals surface area contributed by atoms with Gasteiger partial charge in [0.2, 0.25) is 5.91 Å². The number of ether oxygens (including phenoxy) is 1. The van der Waals surface area contributed by atoms with Gasteiger partial charge in [-0.25, -0.2) is 9.97 Å². The average molecular weight is 553 g/mol. The fourth-order valence-corrected chi connectivity index (χ4v) is 3.96. The van der Waals surface area contributed by atoms with Crippen molar-refractivity contribution in [2.75, 3.05) is 25.1 Å². The summed E-state index contributed by atoms with van der Waals surface area (Å²) in [4.78, 5) is 24.2. The van der Waals surface area contributed by atoms with Crippen LogP contribution in [0.1, 0.15) is 73.3 Å². The van der Waals surface area contributed by atoms with Crippen LogP contribution in [0.4, 0.5) is 19.0 Å². The van der Waals surface area contributed by atoms with Gasteiger partial charge >= 0.3 is 6.18 Å². The normalized spacial score (nSPS) is 11.1. The van der Waals surface area contributed by atoms with Crippen LogP contribution in [0, 0.1) is 18.8 Å². The Balaban J connectivity index is 1.97. The van der Waals surface area contributed by atoms with Crippen LogP contribution in [0.25, 0.3) is 0 Å². The molecule has 0 spiro atoms. The first-order chi connectivity index (χ1) is 19.0. The van der Waals surface area contributed by atoms with E-state index in [0.29, 0.717) is 36.0 Å². The zero-order valence-electron chi connectivity index (χ0n) is 23.5. The molecule has 9 heteroatoms. The predicted molar refractivity (Wildman–Crippen MR) is 150 cm³/mol. The monoisotopic (exact) mass is 552 g/mol. The molecule has 1 N–H and O–H groups in total. The predicted octanol–water partition coefficient (Wildman–Crippen LogP) is 6.26. The fraction of sp³-hybridized carbons (Fsp3) is 0.387. The summed E-state index contributed by atoms with van der Waals surface area (Å²) in [6.45, 7) is 8.60. The number of benzene rings is 2. The van der Waals surface area contributed by atoms with Gasteiger partial charge in [0.1, 0.15) is 17.4 Å². The van der Waals surface area contributed by atoms with Crippen molar-refractivity contribution in [1.82, 2.24) is 15.3 Å². The van der Waals surface area contributed by atoms with E-state index in [9.17, 15) is 18.0 Å². The number of aromatic nitrogens is 2. The minimum Gasteiger partial charge on any atom is -0.497 e. The first-order valence-electron chi connectivity index (χ1n) is 13.2. The SMILES string of the molecule is CCCCN(CC(=O)NCc1ccc(OC)cc1)c1nc(C(C)C)nc(C)c1C#Cc1ccccc1C(F)(F)F. The maximum Gasteiger partial charge on any atom is 0.417 e. The molecule has 1 aromatic heterocycles. The summed E-state index contributed by atoms with van der Waals surface area (Å²) in [5, 5.41) is 2.94. The van der Waals surface area contributed by atoms with E-state index < -0.39 is 11.7 Å². The van der Waals surface area contributed by atoms with Crippen molar-refractivity contribution >= 4 is 11.7 Å². The molecule has 0 aliphatic rings. The summed E-state index contributed by atoms with van der Waals surface area (Å²) < 4.78 is 45.9. The van der Waals surface area contributed by atoms with Crippen molar-refractivity contribution < 1.29 is 22.7 Å². The van der Waals surface area contributed by atoms with Gasteiger partial charge in [0.25, 0.3) is 0 Å². The highest BCUT2D eigenvalue weighted by Gasteiger charge is 2.32. The van der Waals surface area contributed by atoms with Crippen molar-refractivity contribution in [3.63, 3.8) is 0 Å². The van der Waals surface area contributed by atoms with Gasteiger partial charge in [-0.1, -0.05) is 63.3 Å².